The largest absolute Gasteiger partial charge is 0.328 e. The van der Waals surface area contributed by atoms with Gasteiger partial charge in [0.1, 0.15) is 0 Å². The number of aromatic nitrogens is 2. The minimum Gasteiger partial charge on any atom is -0.328 e. The average Bonchev–Trinajstić information content (AvgIpc) is 2.76. The Morgan fingerprint density at radius 1 is 1.47 bits per heavy atom. The van der Waals surface area contributed by atoms with Crippen LogP contribution in [0.15, 0.2) is 6.07 Å². The molecule has 4 N–H and O–H groups in total. The first-order valence-corrected chi connectivity index (χ1v) is 7.13. The second-order valence-corrected chi connectivity index (χ2v) is 5.33. The van der Waals surface area contributed by atoms with E-state index in [9.17, 15) is 4.79 Å². The van der Waals surface area contributed by atoms with Gasteiger partial charge in [0.2, 0.25) is 5.91 Å². The van der Waals surface area contributed by atoms with E-state index in [-0.39, 0.29) is 17.9 Å². The van der Waals surface area contributed by atoms with Gasteiger partial charge in [0.15, 0.2) is 5.82 Å². The van der Waals surface area contributed by atoms with Crippen molar-refractivity contribution in [3.63, 3.8) is 0 Å². The van der Waals surface area contributed by atoms with Crippen LogP contribution in [-0.4, -0.2) is 22.1 Å². The number of amides is 1. The maximum atomic E-state index is 12.0. The average molecular weight is 266 g/mol. The van der Waals surface area contributed by atoms with Crippen molar-refractivity contribution in [1.29, 1.82) is 0 Å². The van der Waals surface area contributed by atoms with Crippen LogP contribution in [-0.2, 0) is 11.2 Å². The van der Waals surface area contributed by atoms with Gasteiger partial charge in [-0.05, 0) is 26.2 Å². The molecule has 1 heterocycles. The topological polar surface area (TPSA) is 83.8 Å². The fraction of sp³-hybridized carbons (Fsp3) is 0.714. The van der Waals surface area contributed by atoms with Gasteiger partial charge in [0.05, 0.1) is 0 Å². The maximum absolute atomic E-state index is 12.0. The molecule has 0 aromatic carbocycles. The number of hydrogen-bond acceptors (Lipinski definition) is 3. The highest BCUT2D eigenvalue weighted by Crippen LogP contribution is 2.13. The number of H-pyrrole nitrogens is 1. The van der Waals surface area contributed by atoms with E-state index in [4.69, 9.17) is 5.73 Å². The number of nitrogens with one attached hydrogen (secondary N) is 2. The number of anilines is 1. The molecule has 1 rings (SSSR count). The van der Waals surface area contributed by atoms with Crippen LogP contribution in [0.25, 0.3) is 0 Å². The van der Waals surface area contributed by atoms with Crippen LogP contribution < -0.4 is 11.1 Å². The van der Waals surface area contributed by atoms with Crippen molar-refractivity contribution in [2.45, 2.75) is 58.9 Å². The molecule has 1 amide bonds. The molecule has 0 saturated carbocycles. The molecule has 19 heavy (non-hydrogen) atoms. The minimum absolute atomic E-state index is 0.00919. The molecule has 2 unspecified atom stereocenters. The standard InChI is InChI=1S/C14H26N4O/c1-4-6-12-9-13(18-17-12)16-14(19)10(2)7-5-8-11(3)15/h9-11H,4-8,15H2,1-3H3,(H2,16,17,18,19). The lowest BCUT2D eigenvalue weighted by atomic mass is 10.0. The van der Waals surface area contributed by atoms with Gasteiger partial charge < -0.3 is 11.1 Å². The Balaban J connectivity index is 2.36. The summed E-state index contributed by atoms with van der Waals surface area (Å²) in [5.74, 6) is 0.636. The van der Waals surface area contributed by atoms with Gasteiger partial charge in [0, 0.05) is 23.7 Å². The highest BCUT2D eigenvalue weighted by Gasteiger charge is 2.14. The molecule has 1 aromatic heterocycles. The summed E-state index contributed by atoms with van der Waals surface area (Å²) in [4.78, 5) is 12.0. The molecule has 108 valence electrons. The van der Waals surface area contributed by atoms with E-state index in [0.29, 0.717) is 5.82 Å². The van der Waals surface area contributed by atoms with Crippen molar-refractivity contribution in [1.82, 2.24) is 10.2 Å². The van der Waals surface area contributed by atoms with Gasteiger partial charge in [-0.1, -0.05) is 26.7 Å². The van der Waals surface area contributed by atoms with Crippen molar-refractivity contribution in [3.8, 4) is 0 Å². The SMILES string of the molecule is CCCc1cc(NC(=O)C(C)CCCC(C)N)n[nH]1. The number of nitrogens with two attached hydrogens (primary N) is 1. The van der Waals surface area contributed by atoms with Crippen molar-refractivity contribution >= 4 is 11.7 Å². The number of rotatable bonds is 8. The molecule has 0 saturated heterocycles. The van der Waals surface area contributed by atoms with Crippen molar-refractivity contribution in [2.24, 2.45) is 11.7 Å². The summed E-state index contributed by atoms with van der Waals surface area (Å²) in [6, 6.07) is 2.11. The zero-order chi connectivity index (χ0) is 14.3. The van der Waals surface area contributed by atoms with E-state index in [0.717, 1.165) is 37.8 Å². The monoisotopic (exact) mass is 266 g/mol. The maximum Gasteiger partial charge on any atom is 0.228 e. The molecular weight excluding hydrogens is 240 g/mol. The molecule has 0 aliphatic heterocycles. The highest BCUT2D eigenvalue weighted by atomic mass is 16.1. The summed E-state index contributed by atoms with van der Waals surface area (Å²) in [6.45, 7) is 6.04. The number of carbonyl (C=O) groups excluding carboxylic acids is 1. The number of hydrogen-bond donors (Lipinski definition) is 3. The lowest BCUT2D eigenvalue weighted by Crippen LogP contribution is -2.21. The molecule has 0 spiro atoms. The van der Waals surface area contributed by atoms with Gasteiger partial charge in [-0.25, -0.2) is 0 Å². The van der Waals surface area contributed by atoms with Crippen LogP contribution in [0.1, 0.15) is 52.1 Å². The second-order valence-electron chi connectivity index (χ2n) is 5.33. The van der Waals surface area contributed by atoms with E-state index >= 15 is 0 Å². The van der Waals surface area contributed by atoms with Crippen LogP contribution in [0.5, 0.6) is 0 Å². The number of aryl methyl sites for hydroxylation is 1. The normalized spacial score (nSPS) is 14.1. The van der Waals surface area contributed by atoms with E-state index in [2.05, 4.69) is 22.4 Å². The molecule has 1 aromatic rings. The third kappa shape index (κ3) is 5.87. The molecule has 2 atom stereocenters. The first-order valence-electron chi connectivity index (χ1n) is 7.13. The van der Waals surface area contributed by atoms with E-state index < -0.39 is 0 Å². The van der Waals surface area contributed by atoms with Crippen LogP contribution in [0.3, 0.4) is 0 Å². The van der Waals surface area contributed by atoms with Crippen LogP contribution in [0, 0.1) is 5.92 Å². The first-order chi connectivity index (χ1) is 9.02. The number of aromatic amines is 1. The van der Waals surface area contributed by atoms with E-state index in [1.807, 2.05) is 19.9 Å². The predicted octanol–water partition coefficient (Wildman–Crippen LogP) is 2.45. The molecule has 0 fully saturated rings. The van der Waals surface area contributed by atoms with Crippen molar-refractivity contribution < 1.29 is 4.79 Å². The molecule has 0 aliphatic rings. The molecule has 5 heteroatoms. The number of carbonyl (C=O) groups is 1. The highest BCUT2D eigenvalue weighted by molar-refractivity contribution is 5.91. The zero-order valence-corrected chi connectivity index (χ0v) is 12.2. The summed E-state index contributed by atoms with van der Waals surface area (Å²) in [6.07, 6.45) is 4.81. The fourth-order valence-corrected chi connectivity index (χ4v) is 1.95. The minimum atomic E-state index is -0.00919. The molecule has 0 bridgehead atoms. The molecule has 0 radical (unpaired) electrons. The zero-order valence-electron chi connectivity index (χ0n) is 12.2. The lowest BCUT2D eigenvalue weighted by molar-refractivity contribution is -0.119. The Labute approximate surface area is 115 Å². The Bertz CT molecular complexity index is 387. The Kier molecular flexibility index (Phi) is 6.56. The third-order valence-electron chi connectivity index (χ3n) is 3.15. The fourth-order valence-electron chi connectivity index (χ4n) is 1.95. The van der Waals surface area contributed by atoms with Gasteiger partial charge >= 0.3 is 0 Å². The summed E-state index contributed by atoms with van der Waals surface area (Å²) >= 11 is 0. The summed E-state index contributed by atoms with van der Waals surface area (Å²) in [7, 11) is 0. The third-order valence-corrected chi connectivity index (χ3v) is 3.15. The summed E-state index contributed by atoms with van der Waals surface area (Å²) in [5.41, 5.74) is 6.75. The van der Waals surface area contributed by atoms with Gasteiger partial charge in [-0.3, -0.25) is 9.89 Å². The molecule has 0 aliphatic carbocycles. The number of nitrogens with zero attached hydrogens (tertiary/aromatic N) is 1. The van der Waals surface area contributed by atoms with Crippen LogP contribution >= 0.6 is 0 Å². The Morgan fingerprint density at radius 3 is 2.84 bits per heavy atom. The van der Waals surface area contributed by atoms with Crippen molar-refractivity contribution in [3.05, 3.63) is 11.8 Å². The molecular formula is C14H26N4O. The van der Waals surface area contributed by atoms with Crippen LogP contribution in [0.4, 0.5) is 5.82 Å². The predicted molar refractivity (Wildman–Crippen MR) is 77.9 cm³/mol. The van der Waals surface area contributed by atoms with Gasteiger partial charge in [-0.2, -0.15) is 5.10 Å². The molecule has 5 nitrogen and oxygen atoms in total. The van der Waals surface area contributed by atoms with Crippen molar-refractivity contribution in [2.75, 3.05) is 5.32 Å². The van der Waals surface area contributed by atoms with Gasteiger partial charge in [0.25, 0.3) is 0 Å². The first kappa shape index (κ1) is 15.7. The second kappa shape index (κ2) is 7.94. The van der Waals surface area contributed by atoms with E-state index in [1.54, 1.807) is 0 Å². The Hall–Kier alpha value is -1.36. The van der Waals surface area contributed by atoms with E-state index in [1.165, 1.54) is 0 Å². The van der Waals surface area contributed by atoms with Gasteiger partial charge in [-0.15, -0.1) is 0 Å². The van der Waals surface area contributed by atoms with Crippen LogP contribution in [0.2, 0.25) is 0 Å². The Morgan fingerprint density at radius 2 is 2.21 bits per heavy atom. The summed E-state index contributed by atoms with van der Waals surface area (Å²) in [5, 5.41) is 9.86. The smallest absolute Gasteiger partial charge is 0.228 e. The lowest BCUT2D eigenvalue weighted by Gasteiger charge is -2.11. The summed E-state index contributed by atoms with van der Waals surface area (Å²) < 4.78 is 0. The quantitative estimate of drug-likeness (QED) is 0.675.